The fraction of sp³-hybridized carbons (Fsp3) is 0.857. The zero-order chi connectivity index (χ0) is 13.4. The van der Waals surface area contributed by atoms with Gasteiger partial charge in [-0.2, -0.15) is 4.98 Å². The highest BCUT2D eigenvalue weighted by molar-refractivity contribution is 5.08. The van der Waals surface area contributed by atoms with Crippen molar-refractivity contribution >= 4 is 0 Å². The van der Waals surface area contributed by atoms with Crippen LogP contribution in [0.15, 0.2) is 4.52 Å². The van der Waals surface area contributed by atoms with Crippen LogP contribution in [0.2, 0.25) is 0 Å². The molecule has 0 spiro atoms. The Bertz CT molecular complexity index is 407. The first-order chi connectivity index (χ1) is 8.31. The summed E-state index contributed by atoms with van der Waals surface area (Å²) < 4.78 is 5.37. The van der Waals surface area contributed by atoms with E-state index in [0.717, 1.165) is 31.6 Å². The van der Waals surface area contributed by atoms with Crippen molar-refractivity contribution in [2.75, 3.05) is 0 Å². The van der Waals surface area contributed by atoms with Crippen molar-refractivity contribution in [2.24, 2.45) is 11.7 Å². The maximum absolute atomic E-state index is 6.51. The molecule has 2 N–H and O–H groups in total. The van der Waals surface area contributed by atoms with Crippen molar-refractivity contribution in [2.45, 2.75) is 70.8 Å². The first-order valence-electron chi connectivity index (χ1n) is 6.95. The van der Waals surface area contributed by atoms with Gasteiger partial charge in [0.15, 0.2) is 5.82 Å². The fourth-order valence-electron chi connectivity index (χ4n) is 2.49. The van der Waals surface area contributed by atoms with E-state index in [1.807, 2.05) is 0 Å². The third-order valence-electron chi connectivity index (χ3n) is 3.92. The maximum Gasteiger partial charge on any atom is 0.232 e. The Balaban J connectivity index is 2.21. The van der Waals surface area contributed by atoms with Crippen molar-refractivity contribution in [1.82, 2.24) is 10.1 Å². The standard InChI is InChI=1S/C14H25N3O/c1-10-6-5-8-14(15,9-7-10)11-16-12(18-17-11)13(2,3)4/h10H,5-9,15H2,1-4H3. The molecule has 18 heavy (non-hydrogen) atoms. The highest BCUT2D eigenvalue weighted by atomic mass is 16.5. The Morgan fingerprint density at radius 1 is 1.28 bits per heavy atom. The normalized spacial score (nSPS) is 30.2. The van der Waals surface area contributed by atoms with E-state index < -0.39 is 5.54 Å². The van der Waals surface area contributed by atoms with Crippen LogP contribution in [-0.4, -0.2) is 10.1 Å². The van der Waals surface area contributed by atoms with Gasteiger partial charge < -0.3 is 10.3 Å². The molecule has 0 amide bonds. The molecule has 4 nitrogen and oxygen atoms in total. The third kappa shape index (κ3) is 2.74. The minimum Gasteiger partial charge on any atom is -0.339 e. The second-order valence-electron chi connectivity index (χ2n) is 6.87. The van der Waals surface area contributed by atoms with Crippen LogP contribution >= 0.6 is 0 Å². The molecular formula is C14H25N3O. The van der Waals surface area contributed by atoms with Gasteiger partial charge in [-0.1, -0.05) is 45.7 Å². The molecule has 1 fully saturated rings. The minimum absolute atomic E-state index is 0.111. The van der Waals surface area contributed by atoms with E-state index in [9.17, 15) is 0 Å². The van der Waals surface area contributed by atoms with Crippen LogP contribution in [-0.2, 0) is 11.0 Å². The number of nitrogens with zero attached hydrogens (tertiary/aromatic N) is 2. The summed E-state index contributed by atoms with van der Waals surface area (Å²) in [5.74, 6) is 2.13. The summed E-state index contributed by atoms with van der Waals surface area (Å²) in [5.41, 5.74) is 6.01. The molecule has 1 aromatic heterocycles. The summed E-state index contributed by atoms with van der Waals surface area (Å²) in [6.45, 7) is 8.51. The Kier molecular flexibility index (Phi) is 3.49. The van der Waals surface area contributed by atoms with Crippen LogP contribution in [0.3, 0.4) is 0 Å². The lowest BCUT2D eigenvalue weighted by Crippen LogP contribution is -2.37. The number of hydrogen-bond donors (Lipinski definition) is 1. The molecule has 0 aromatic carbocycles. The zero-order valence-electron chi connectivity index (χ0n) is 12.0. The summed E-state index contributed by atoms with van der Waals surface area (Å²) in [5, 5.41) is 4.13. The van der Waals surface area contributed by atoms with Gasteiger partial charge >= 0.3 is 0 Å². The van der Waals surface area contributed by atoms with E-state index in [-0.39, 0.29) is 5.41 Å². The molecule has 102 valence electrons. The van der Waals surface area contributed by atoms with Crippen LogP contribution in [0.4, 0.5) is 0 Å². The molecule has 0 radical (unpaired) electrons. The van der Waals surface area contributed by atoms with Gasteiger partial charge in [-0.3, -0.25) is 0 Å². The third-order valence-corrected chi connectivity index (χ3v) is 3.92. The summed E-state index contributed by atoms with van der Waals surface area (Å²) >= 11 is 0. The first-order valence-corrected chi connectivity index (χ1v) is 6.95. The van der Waals surface area contributed by atoms with E-state index in [2.05, 4.69) is 37.8 Å². The molecule has 4 heteroatoms. The Hall–Kier alpha value is -0.900. The number of aromatic nitrogens is 2. The molecule has 2 atom stereocenters. The van der Waals surface area contributed by atoms with Gasteiger partial charge in [-0.05, 0) is 25.2 Å². The lowest BCUT2D eigenvalue weighted by atomic mass is 9.90. The summed E-state index contributed by atoms with van der Waals surface area (Å²) in [6.07, 6.45) is 5.47. The zero-order valence-corrected chi connectivity index (χ0v) is 12.0. The van der Waals surface area contributed by atoms with Crippen LogP contribution in [0.5, 0.6) is 0 Å². The number of nitrogens with two attached hydrogens (primary N) is 1. The molecule has 2 rings (SSSR count). The Morgan fingerprint density at radius 3 is 2.61 bits per heavy atom. The quantitative estimate of drug-likeness (QED) is 0.779. The van der Waals surface area contributed by atoms with Crippen molar-refractivity contribution < 1.29 is 4.52 Å². The number of rotatable bonds is 1. The van der Waals surface area contributed by atoms with Crippen molar-refractivity contribution in [3.8, 4) is 0 Å². The second kappa shape index (κ2) is 4.65. The SMILES string of the molecule is CC1CCCC(N)(c2noc(C(C)(C)C)n2)CC1. The molecule has 1 heterocycles. The van der Waals surface area contributed by atoms with Crippen LogP contribution in [0.1, 0.15) is 71.5 Å². The van der Waals surface area contributed by atoms with E-state index in [1.54, 1.807) is 0 Å². The lowest BCUT2D eigenvalue weighted by molar-refractivity contribution is 0.300. The van der Waals surface area contributed by atoms with E-state index in [4.69, 9.17) is 10.3 Å². The van der Waals surface area contributed by atoms with E-state index in [1.165, 1.54) is 6.42 Å². The predicted octanol–water partition coefficient (Wildman–Crippen LogP) is 3.12. The monoisotopic (exact) mass is 251 g/mol. The van der Waals surface area contributed by atoms with Gasteiger partial charge in [0.1, 0.15) is 0 Å². The second-order valence-corrected chi connectivity index (χ2v) is 6.87. The molecule has 2 unspecified atom stereocenters. The average molecular weight is 251 g/mol. The summed E-state index contributed by atoms with van der Waals surface area (Å²) in [4.78, 5) is 4.54. The van der Waals surface area contributed by atoms with Gasteiger partial charge in [0.05, 0.1) is 5.54 Å². The fourth-order valence-corrected chi connectivity index (χ4v) is 2.49. The van der Waals surface area contributed by atoms with Gasteiger partial charge in [-0.25, -0.2) is 0 Å². The smallest absolute Gasteiger partial charge is 0.232 e. The largest absolute Gasteiger partial charge is 0.339 e. The van der Waals surface area contributed by atoms with Crippen molar-refractivity contribution in [3.05, 3.63) is 11.7 Å². The maximum atomic E-state index is 6.51. The average Bonchev–Trinajstić information content (AvgIpc) is 2.70. The van der Waals surface area contributed by atoms with Gasteiger partial charge in [0.2, 0.25) is 5.89 Å². The van der Waals surface area contributed by atoms with Gasteiger partial charge in [-0.15, -0.1) is 0 Å². The Morgan fingerprint density at radius 2 is 2.00 bits per heavy atom. The number of hydrogen-bond acceptors (Lipinski definition) is 4. The predicted molar refractivity (Wildman–Crippen MR) is 71.1 cm³/mol. The van der Waals surface area contributed by atoms with E-state index in [0.29, 0.717) is 11.7 Å². The van der Waals surface area contributed by atoms with Crippen LogP contribution in [0, 0.1) is 5.92 Å². The van der Waals surface area contributed by atoms with Crippen LogP contribution in [0.25, 0.3) is 0 Å². The molecular weight excluding hydrogens is 226 g/mol. The highest BCUT2D eigenvalue weighted by Gasteiger charge is 2.35. The lowest BCUT2D eigenvalue weighted by Gasteiger charge is -2.23. The summed E-state index contributed by atoms with van der Waals surface area (Å²) in [7, 11) is 0. The van der Waals surface area contributed by atoms with Crippen LogP contribution < -0.4 is 5.73 Å². The molecule has 0 bridgehead atoms. The molecule has 1 aliphatic rings. The highest BCUT2D eigenvalue weighted by Crippen LogP contribution is 2.35. The molecule has 1 aliphatic carbocycles. The molecule has 0 saturated heterocycles. The minimum atomic E-state index is -0.391. The van der Waals surface area contributed by atoms with Crippen molar-refractivity contribution in [3.63, 3.8) is 0 Å². The summed E-state index contributed by atoms with van der Waals surface area (Å²) in [6, 6.07) is 0. The topological polar surface area (TPSA) is 64.9 Å². The molecule has 1 aromatic rings. The van der Waals surface area contributed by atoms with Gasteiger partial charge in [0.25, 0.3) is 0 Å². The van der Waals surface area contributed by atoms with Gasteiger partial charge in [0, 0.05) is 5.41 Å². The molecule has 1 saturated carbocycles. The molecule has 0 aliphatic heterocycles. The Labute approximate surface area is 109 Å². The first kappa shape index (κ1) is 13.5. The van der Waals surface area contributed by atoms with Crippen molar-refractivity contribution in [1.29, 1.82) is 0 Å². The van der Waals surface area contributed by atoms with E-state index >= 15 is 0 Å².